The number of imidazole rings is 1. The van der Waals surface area contributed by atoms with E-state index < -0.39 is 6.55 Å². The van der Waals surface area contributed by atoms with Gasteiger partial charge in [0, 0.05) is 30.6 Å². The molecule has 2 fully saturated rings. The van der Waals surface area contributed by atoms with Crippen molar-refractivity contribution in [3.8, 4) is 5.69 Å². The molecule has 0 spiro atoms. The molecule has 2 amide bonds. The van der Waals surface area contributed by atoms with E-state index in [1.54, 1.807) is 4.57 Å². The van der Waals surface area contributed by atoms with Crippen molar-refractivity contribution < 1.29 is 23.1 Å². The number of fused-ring (bicyclic) bond motifs is 1. The number of hydrogen-bond donors (Lipinski definition) is 3. The van der Waals surface area contributed by atoms with Gasteiger partial charge in [0.15, 0.2) is 17.0 Å². The standard InChI is InChI=1S/C24H30F2N10O3/c1-4-17(37)30-15-9-16(24(15,2)3)31-18(38)11-27-20-19-21(33-23(32-20)34-5-7-39-8-6-34)35(13-28-19)14-10-29-36(12-14)22(25)26/h4,10,12-13,15-16,22H,1,5-9,11H2,2-3H3,(H,30,37)(H,31,38)(H,27,32,33). The van der Waals surface area contributed by atoms with Gasteiger partial charge in [0.1, 0.15) is 6.33 Å². The number of morpholine rings is 1. The van der Waals surface area contributed by atoms with Gasteiger partial charge < -0.3 is 25.6 Å². The smallest absolute Gasteiger partial charge is 0.333 e. The van der Waals surface area contributed by atoms with E-state index in [9.17, 15) is 18.4 Å². The van der Waals surface area contributed by atoms with Crippen molar-refractivity contribution in [3.63, 3.8) is 0 Å². The van der Waals surface area contributed by atoms with Crippen molar-refractivity contribution in [2.24, 2.45) is 5.41 Å². The Morgan fingerprint density at radius 1 is 1.23 bits per heavy atom. The number of carbonyl (C=O) groups is 2. The van der Waals surface area contributed by atoms with Crippen LogP contribution in [0.2, 0.25) is 0 Å². The van der Waals surface area contributed by atoms with Gasteiger partial charge in [-0.3, -0.25) is 14.2 Å². The molecule has 13 nitrogen and oxygen atoms in total. The molecule has 208 valence electrons. The van der Waals surface area contributed by atoms with Crippen LogP contribution in [0.15, 0.2) is 31.4 Å². The lowest BCUT2D eigenvalue weighted by molar-refractivity contribution is -0.124. The molecule has 3 aromatic rings. The summed E-state index contributed by atoms with van der Waals surface area (Å²) in [6.07, 6.45) is 5.79. The van der Waals surface area contributed by atoms with Crippen molar-refractivity contribution in [1.82, 2.24) is 39.9 Å². The van der Waals surface area contributed by atoms with E-state index in [1.165, 1.54) is 24.8 Å². The zero-order valence-corrected chi connectivity index (χ0v) is 21.6. The highest BCUT2D eigenvalue weighted by molar-refractivity contribution is 5.89. The first kappa shape index (κ1) is 26.5. The minimum atomic E-state index is -2.78. The second-order valence-corrected chi connectivity index (χ2v) is 10.0. The third kappa shape index (κ3) is 5.26. The van der Waals surface area contributed by atoms with Gasteiger partial charge in [-0.1, -0.05) is 20.4 Å². The number of amides is 2. The van der Waals surface area contributed by atoms with Crippen LogP contribution in [0.25, 0.3) is 16.9 Å². The molecule has 4 heterocycles. The first-order chi connectivity index (χ1) is 18.7. The number of ether oxygens (including phenoxy) is 1. The monoisotopic (exact) mass is 544 g/mol. The van der Waals surface area contributed by atoms with Crippen molar-refractivity contribution in [1.29, 1.82) is 0 Å². The third-order valence-electron chi connectivity index (χ3n) is 7.27. The molecule has 1 saturated heterocycles. The van der Waals surface area contributed by atoms with Crippen LogP contribution in [0.3, 0.4) is 0 Å². The van der Waals surface area contributed by atoms with E-state index in [-0.39, 0.29) is 35.9 Å². The number of carbonyl (C=O) groups excluding carboxylic acids is 2. The van der Waals surface area contributed by atoms with Gasteiger partial charge >= 0.3 is 6.55 Å². The van der Waals surface area contributed by atoms with Crippen LogP contribution < -0.4 is 20.9 Å². The van der Waals surface area contributed by atoms with E-state index in [2.05, 4.69) is 42.6 Å². The molecule has 2 aliphatic rings. The Hall–Kier alpha value is -4.14. The molecule has 1 aliphatic heterocycles. The molecule has 0 radical (unpaired) electrons. The summed E-state index contributed by atoms with van der Waals surface area (Å²) in [6, 6.07) is -0.195. The maximum Gasteiger partial charge on any atom is 0.333 e. The number of halogens is 2. The minimum absolute atomic E-state index is 0.0720. The summed E-state index contributed by atoms with van der Waals surface area (Å²) in [5.41, 5.74) is 0.782. The molecule has 39 heavy (non-hydrogen) atoms. The highest BCUT2D eigenvalue weighted by Crippen LogP contribution is 2.40. The Kier molecular flexibility index (Phi) is 7.16. The molecule has 3 aromatic heterocycles. The van der Waals surface area contributed by atoms with Crippen molar-refractivity contribution in [2.75, 3.05) is 43.1 Å². The van der Waals surface area contributed by atoms with Gasteiger partial charge in [0.05, 0.1) is 37.8 Å². The first-order valence-corrected chi connectivity index (χ1v) is 12.5. The van der Waals surface area contributed by atoms with Gasteiger partial charge in [0.25, 0.3) is 0 Å². The van der Waals surface area contributed by atoms with Crippen LogP contribution >= 0.6 is 0 Å². The van der Waals surface area contributed by atoms with E-state index >= 15 is 0 Å². The number of aromatic nitrogens is 6. The van der Waals surface area contributed by atoms with Crippen molar-refractivity contribution in [3.05, 3.63) is 31.4 Å². The summed E-state index contributed by atoms with van der Waals surface area (Å²) in [7, 11) is 0. The fraction of sp³-hybridized carbons (Fsp3) is 0.500. The van der Waals surface area contributed by atoms with E-state index in [1.807, 2.05) is 18.7 Å². The van der Waals surface area contributed by atoms with Crippen molar-refractivity contribution in [2.45, 2.75) is 38.9 Å². The number of nitrogens with zero attached hydrogens (tertiary/aromatic N) is 7. The normalized spacial score (nSPS) is 20.5. The second kappa shape index (κ2) is 10.6. The van der Waals surface area contributed by atoms with Crippen LogP contribution in [0.1, 0.15) is 26.8 Å². The number of hydrogen-bond acceptors (Lipinski definition) is 9. The summed E-state index contributed by atoms with van der Waals surface area (Å²) >= 11 is 0. The highest BCUT2D eigenvalue weighted by atomic mass is 19.3. The lowest BCUT2D eigenvalue weighted by Crippen LogP contribution is -2.66. The Balaban J connectivity index is 1.35. The average molecular weight is 545 g/mol. The predicted octanol–water partition coefficient (Wildman–Crippen LogP) is 1.24. The first-order valence-electron chi connectivity index (χ1n) is 12.5. The molecular weight excluding hydrogens is 514 g/mol. The van der Waals surface area contributed by atoms with Crippen LogP contribution in [-0.4, -0.2) is 86.0 Å². The minimum Gasteiger partial charge on any atom is -0.378 e. The molecule has 5 rings (SSSR count). The fourth-order valence-electron chi connectivity index (χ4n) is 4.72. The van der Waals surface area contributed by atoms with Gasteiger partial charge in [-0.2, -0.15) is 23.8 Å². The average Bonchev–Trinajstić information content (AvgIpc) is 3.59. The molecule has 1 saturated carbocycles. The number of rotatable bonds is 9. The number of alkyl halides is 2. The summed E-state index contributed by atoms with van der Waals surface area (Å²) < 4.78 is 33.7. The lowest BCUT2D eigenvalue weighted by atomic mass is 9.62. The maximum absolute atomic E-state index is 13.1. The largest absolute Gasteiger partial charge is 0.378 e. The van der Waals surface area contributed by atoms with Gasteiger partial charge in [-0.15, -0.1) is 0 Å². The third-order valence-corrected chi connectivity index (χ3v) is 7.27. The highest BCUT2D eigenvalue weighted by Gasteiger charge is 2.49. The quantitative estimate of drug-likeness (QED) is 0.339. The fourth-order valence-corrected chi connectivity index (χ4v) is 4.72. The van der Waals surface area contributed by atoms with Crippen LogP contribution in [0.5, 0.6) is 0 Å². The zero-order chi connectivity index (χ0) is 27.7. The van der Waals surface area contributed by atoms with Crippen molar-refractivity contribution >= 4 is 34.7 Å². The molecule has 0 bridgehead atoms. The molecule has 2 unspecified atom stereocenters. The Bertz CT molecular complexity index is 1380. The zero-order valence-electron chi connectivity index (χ0n) is 21.6. The number of anilines is 2. The topological polar surface area (TPSA) is 144 Å². The summed E-state index contributed by atoms with van der Waals surface area (Å²) in [6.45, 7) is 6.74. The van der Waals surface area contributed by atoms with Crippen LogP contribution in [0.4, 0.5) is 20.5 Å². The summed E-state index contributed by atoms with van der Waals surface area (Å²) in [5.74, 6) is 0.238. The Labute approximate surface area is 222 Å². The van der Waals surface area contributed by atoms with Gasteiger partial charge in [0.2, 0.25) is 17.8 Å². The van der Waals surface area contributed by atoms with E-state index in [4.69, 9.17) is 4.74 Å². The van der Waals surface area contributed by atoms with E-state index in [0.717, 1.165) is 0 Å². The SMILES string of the molecule is C=CC(=O)NC1CC(NC(=O)CNc2nc(N3CCOCC3)nc3c2ncn3-c2cnn(C(F)F)c2)C1(C)C. The molecule has 2 atom stereocenters. The summed E-state index contributed by atoms with van der Waals surface area (Å²) in [5, 5.41) is 12.7. The molecule has 15 heteroatoms. The Morgan fingerprint density at radius 2 is 1.97 bits per heavy atom. The number of nitrogens with one attached hydrogen (secondary N) is 3. The van der Waals surface area contributed by atoms with Gasteiger partial charge in [-0.25, -0.2) is 9.67 Å². The van der Waals surface area contributed by atoms with Gasteiger partial charge in [-0.05, 0) is 12.5 Å². The lowest BCUT2D eigenvalue weighted by Gasteiger charge is -2.52. The Morgan fingerprint density at radius 3 is 2.64 bits per heavy atom. The molecule has 3 N–H and O–H groups in total. The molecular formula is C24H30F2N10O3. The van der Waals surface area contributed by atoms with Crippen LogP contribution in [-0.2, 0) is 14.3 Å². The molecule has 1 aliphatic carbocycles. The van der Waals surface area contributed by atoms with Crippen LogP contribution in [0, 0.1) is 5.41 Å². The van der Waals surface area contributed by atoms with E-state index in [0.29, 0.717) is 66.0 Å². The maximum atomic E-state index is 13.1. The second-order valence-electron chi connectivity index (χ2n) is 10.0. The predicted molar refractivity (Wildman–Crippen MR) is 138 cm³/mol. The molecule has 0 aromatic carbocycles. The summed E-state index contributed by atoms with van der Waals surface area (Å²) in [4.78, 5) is 40.2.